The number of allylic oxidation sites excluding steroid dienone is 2. The Hall–Kier alpha value is -2.93. The molecular weight excluding hydrogens is 400 g/mol. The van der Waals surface area contributed by atoms with E-state index >= 15 is 0 Å². The molecule has 2 aliphatic carbocycles. The molecule has 4 rings (SSSR count). The molecule has 1 heterocycles. The van der Waals surface area contributed by atoms with Gasteiger partial charge in [-0.1, -0.05) is 44.2 Å². The van der Waals surface area contributed by atoms with Gasteiger partial charge < -0.3 is 15.7 Å². The summed E-state index contributed by atoms with van der Waals surface area (Å²) >= 11 is 1.37. The van der Waals surface area contributed by atoms with Gasteiger partial charge in [-0.3, -0.25) is 14.4 Å². The van der Waals surface area contributed by atoms with Crippen molar-refractivity contribution in [2.24, 2.45) is 23.7 Å². The predicted molar refractivity (Wildman–Crippen MR) is 117 cm³/mol. The first kappa shape index (κ1) is 20.3. The Bertz CT molecular complexity index is 1010. The van der Waals surface area contributed by atoms with Crippen LogP contribution in [0.4, 0.5) is 10.7 Å². The number of carboxylic acid groups (broad SMARTS) is 1. The normalized spacial score (nSPS) is 24.2. The molecule has 2 bridgehead atoms. The lowest BCUT2D eigenvalue weighted by Gasteiger charge is -2.23. The maximum atomic E-state index is 13.1. The Kier molecular flexibility index (Phi) is 5.47. The van der Waals surface area contributed by atoms with Crippen LogP contribution in [0.5, 0.6) is 0 Å². The van der Waals surface area contributed by atoms with Gasteiger partial charge >= 0.3 is 5.97 Å². The van der Waals surface area contributed by atoms with Crippen LogP contribution in [-0.2, 0) is 9.59 Å². The summed E-state index contributed by atoms with van der Waals surface area (Å²) in [5.41, 5.74) is 1.06. The largest absolute Gasteiger partial charge is 0.481 e. The molecule has 4 atom stereocenters. The fourth-order valence-electron chi connectivity index (χ4n) is 4.39. The Morgan fingerprint density at radius 3 is 2.33 bits per heavy atom. The van der Waals surface area contributed by atoms with Gasteiger partial charge in [0.05, 0.1) is 17.4 Å². The van der Waals surface area contributed by atoms with Crippen LogP contribution in [0.3, 0.4) is 0 Å². The van der Waals surface area contributed by atoms with Crippen molar-refractivity contribution in [3.63, 3.8) is 0 Å². The highest BCUT2D eigenvalue weighted by Crippen LogP contribution is 2.48. The number of amides is 2. The first-order valence-corrected chi connectivity index (χ1v) is 10.9. The van der Waals surface area contributed by atoms with Crippen LogP contribution in [0.25, 0.3) is 0 Å². The summed E-state index contributed by atoms with van der Waals surface area (Å²) in [6, 6.07) is 10.9. The van der Waals surface area contributed by atoms with Gasteiger partial charge in [0.1, 0.15) is 5.00 Å². The predicted octanol–water partition coefficient (Wildman–Crippen LogP) is 4.59. The lowest BCUT2D eigenvalue weighted by atomic mass is 9.82. The molecule has 0 aliphatic heterocycles. The molecule has 156 valence electrons. The summed E-state index contributed by atoms with van der Waals surface area (Å²) in [5, 5.41) is 15.8. The number of hydrogen-bond donors (Lipinski definition) is 3. The quantitative estimate of drug-likeness (QED) is 0.591. The van der Waals surface area contributed by atoms with Crippen LogP contribution in [-0.4, -0.2) is 22.9 Å². The highest BCUT2D eigenvalue weighted by atomic mass is 32.1. The average molecular weight is 425 g/mol. The molecule has 0 spiro atoms. The highest BCUT2D eigenvalue weighted by molar-refractivity contribution is 7.16. The number of carbonyl (C=O) groups is 3. The number of para-hydroxylation sites is 1. The Morgan fingerprint density at radius 1 is 1.03 bits per heavy atom. The Balaban J connectivity index is 1.59. The van der Waals surface area contributed by atoms with E-state index in [1.54, 1.807) is 18.2 Å². The fraction of sp³-hybridized carbons (Fsp3) is 0.348. The number of thiophene rings is 1. The van der Waals surface area contributed by atoms with E-state index in [1.165, 1.54) is 11.3 Å². The Labute approximate surface area is 179 Å². The molecular formula is C23H24N2O4S. The van der Waals surface area contributed by atoms with Crippen molar-refractivity contribution in [2.75, 3.05) is 10.6 Å². The van der Waals surface area contributed by atoms with Crippen molar-refractivity contribution in [3.8, 4) is 0 Å². The van der Waals surface area contributed by atoms with Gasteiger partial charge in [-0.2, -0.15) is 0 Å². The third-order valence-electron chi connectivity index (χ3n) is 5.88. The molecule has 6 nitrogen and oxygen atoms in total. The number of benzene rings is 1. The van der Waals surface area contributed by atoms with Crippen LogP contribution in [0.15, 0.2) is 48.6 Å². The van der Waals surface area contributed by atoms with E-state index < -0.39 is 17.8 Å². The molecule has 0 unspecified atom stereocenters. The third-order valence-corrected chi connectivity index (χ3v) is 7.23. The summed E-state index contributed by atoms with van der Waals surface area (Å²) < 4.78 is 0. The lowest BCUT2D eigenvalue weighted by molar-refractivity contribution is -0.146. The van der Waals surface area contributed by atoms with E-state index in [0.29, 0.717) is 22.7 Å². The second-order valence-corrected chi connectivity index (χ2v) is 9.28. The molecule has 2 aliphatic rings. The molecule has 1 aromatic carbocycles. The minimum absolute atomic E-state index is 0.0674. The van der Waals surface area contributed by atoms with Crippen molar-refractivity contribution >= 4 is 39.8 Å². The van der Waals surface area contributed by atoms with E-state index in [2.05, 4.69) is 10.6 Å². The van der Waals surface area contributed by atoms with Gasteiger partial charge in [0.2, 0.25) is 5.91 Å². The number of rotatable bonds is 6. The summed E-state index contributed by atoms with van der Waals surface area (Å²) in [4.78, 5) is 38.7. The minimum Gasteiger partial charge on any atom is -0.481 e. The van der Waals surface area contributed by atoms with Crippen LogP contribution < -0.4 is 10.6 Å². The number of carboxylic acids is 1. The van der Waals surface area contributed by atoms with Crippen molar-refractivity contribution in [3.05, 3.63) is 59.0 Å². The van der Waals surface area contributed by atoms with E-state index in [1.807, 2.05) is 44.2 Å². The van der Waals surface area contributed by atoms with Gasteiger partial charge in [-0.25, -0.2) is 0 Å². The second kappa shape index (κ2) is 8.07. The molecule has 0 radical (unpaired) electrons. The molecule has 1 fully saturated rings. The van der Waals surface area contributed by atoms with Gasteiger partial charge in [-0.15, -0.1) is 11.3 Å². The van der Waals surface area contributed by atoms with E-state index in [9.17, 15) is 19.5 Å². The second-order valence-electron chi connectivity index (χ2n) is 8.19. The highest BCUT2D eigenvalue weighted by Gasteiger charge is 2.51. The van der Waals surface area contributed by atoms with Crippen molar-refractivity contribution in [1.29, 1.82) is 0 Å². The van der Waals surface area contributed by atoms with Crippen molar-refractivity contribution < 1.29 is 19.5 Å². The smallest absolute Gasteiger partial charge is 0.307 e. The van der Waals surface area contributed by atoms with Crippen LogP contribution in [0.2, 0.25) is 0 Å². The third kappa shape index (κ3) is 3.77. The molecule has 0 saturated heterocycles. The van der Waals surface area contributed by atoms with Gasteiger partial charge in [0, 0.05) is 10.6 Å². The first-order valence-electron chi connectivity index (χ1n) is 10.1. The van der Waals surface area contributed by atoms with E-state index in [4.69, 9.17) is 0 Å². The summed E-state index contributed by atoms with van der Waals surface area (Å²) in [6.45, 7) is 4.05. The van der Waals surface area contributed by atoms with Gasteiger partial charge in [0.25, 0.3) is 5.91 Å². The van der Waals surface area contributed by atoms with Gasteiger partial charge in [0.15, 0.2) is 0 Å². The number of aliphatic carboxylic acids is 1. The Morgan fingerprint density at radius 2 is 1.70 bits per heavy atom. The molecule has 2 aromatic rings. The van der Waals surface area contributed by atoms with Crippen molar-refractivity contribution in [1.82, 2.24) is 0 Å². The number of anilines is 2. The first-order chi connectivity index (χ1) is 14.3. The number of carbonyl (C=O) groups excluding carboxylic acids is 2. The maximum absolute atomic E-state index is 13.1. The van der Waals surface area contributed by atoms with E-state index in [0.717, 1.165) is 4.88 Å². The zero-order valence-corrected chi connectivity index (χ0v) is 17.6. The fourth-order valence-corrected chi connectivity index (χ4v) is 5.45. The van der Waals surface area contributed by atoms with Crippen LogP contribution >= 0.6 is 11.3 Å². The molecule has 2 amide bonds. The molecule has 1 saturated carbocycles. The average Bonchev–Trinajstić information content (AvgIpc) is 3.42. The van der Waals surface area contributed by atoms with E-state index in [-0.39, 0.29) is 29.6 Å². The standard InChI is InChI=1S/C23H24N2O4S/c1-12(2)17-11-16(20(26)24-15-6-4-3-5-7-15)22(30-17)25-21(27)18-13-8-9-14(10-13)19(18)23(28)29/h3-9,11-14,18-19H,10H2,1-2H3,(H,24,26)(H,25,27)(H,28,29)/t13-,14+,18-,19+/m1/s1. The topological polar surface area (TPSA) is 95.5 Å². The minimum atomic E-state index is -0.942. The SMILES string of the molecule is CC(C)c1cc(C(=O)Nc2ccccc2)c(NC(=O)[C@H]2[C@@H](C(=O)O)[C@H]3C=C[C@@H]2C3)s1. The maximum Gasteiger partial charge on any atom is 0.307 e. The number of fused-ring (bicyclic) bond motifs is 2. The van der Waals surface area contributed by atoms with Crippen LogP contribution in [0.1, 0.15) is 41.4 Å². The summed E-state index contributed by atoms with van der Waals surface area (Å²) in [7, 11) is 0. The lowest BCUT2D eigenvalue weighted by Crippen LogP contribution is -2.36. The summed E-state index contributed by atoms with van der Waals surface area (Å²) in [5.74, 6) is -2.88. The zero-order chi connectivity index (χ0) is 21.4. The number of hydrogen-bond acceptors (Lipinski definition) is 4. The molecule has 7 heteroatoms. The van der Waals surface area contributed by atoms with Crippen LogP contribution in [0, 0.1) is 23.7 Å². The zero-order valence-electron chi connectivity index (χ0n) is 16.8. The monoisotopic (exact) mass is 424 g/mol. The molecule has 3 N–H and O–H groups in total. The van der Waals surface area contributed by atoms with Gasteiger partial charge in [-0.05, 0) is 42.4 Å². The summed E-state index contributed by atoms with van der Waals surface area (Å²) in [6.07, 6.45) is 4.55. The van der Waals surface area contributed by atoms with Crippen molar-refractivity contribution in [2.45, 2.75) is 26.2 Å². The molecule has 1 aromatic heterocycles. The molecule has 30 heavy (non-hydrogen) atoms. The number of nitrogens with one attached hydrogen (secondary N) is 2.